The fourth-order valence-corrected chi connectivity index (χ4v) is 1.97. The maximum atomic E-state index is 10.8. The third kappa shape index (κ3) is 2.16. The van der Waals surface area contributed by atoms with Gasteiger partial charge in [-0.1, -0.05) is 0 Å². The molecule has 1 aliphatic heterocycles. The molecule has 17 heavy (non-hydrogen) atoms. The molecule has 6 heteroatoms. The lowest BCUT2D eigenvalue weighted by atomic mass is 9.95. The van der Waals surface area contributed by atoms with Gasteiger partial charge in [0, 0.05) is 24.4 Å². The molecular formula is C11H14N2O4. The fraction of sp³-hybridized carbons (Fsp3) is 0.455. The minimum atomic E-state index is -1.14. The largest absolute Gasteiger partial charge is 0.481 e. The highest BCUT2D eigenvalue weighted by Crippen LogP contribution is 2.31. The molecule has 6 nitrogen and oxygen atoms in total. The summed E-state index contributed by atoms with van der Waals surface area (Å²) < 4.78 is 4.93. The maximum absolute atomic E-state index is 10.8. The molecule has 1 amide bonds. The molecule has 0 saturated carbocycles. The summed E-state index contributed by atoms with van der Waals surface area (Å²) in [6.07, 6.45) is 0.889. The lowest BCUT2D eigenvalue weighted by Gasteiger charge is -2.22. The van der Waals surface area contributed by atoms with Crippen molar-refractivity contribution in [3.05, 3.63) is 23.9 Å². The Kier molecular flexibility index (Phi) is 2.89. The molecule has 1 aliphatic rings. The number of nitrogens with zero attached hydrogens (tertiary/aromatic N) is 2. The highest BCUT2D eigenvalue weighted by atomic mass is 16.5. The first-order chi connectivity index (χ1) is 8.05. The number of methoxy groups -OCH3 is 1. The van der Waals surface area contributed by atoms with Crippen LogP contribution in [0, 0.1) is 0 Å². The summed E-state index contributed by atoms with van der Waals surface area (Å²) in [5, 5.41) is 19.2. The molecule has 2 N–H and O–H groups in total. The van der Waals surface area contributed by atoms with E-state index in [4.69, 9.17) is 9.84 Å². The van der Waals surface area contributed by atoms with E-state index in [0.29, 0.717) is 24.4 Å². The minimum absolute atomic E-state index is 0.0797. The van der Waals surface area contributed by atoms with E-state index in [-0.39, 0.29) is 6.54 Å². The Morgan fingerprint density at radius 2 is 2.35 bits per heavy atom. The molecule has 1 atom stereocenters. The van der Waals surface area contributed by atoms with Crippen molar-refractivity contribution in [2.45, 2.75) is 12.0 Å². The Balaban J connectivity index is 2.18. The van der Waals surface area contributed by atoms with Crippen LogP contribution in [0.4, 0.5) is 4.79 Å². The second-order valence-corrected chi connectivity index (χ2v) is 4.07. The first-order valence-electron chi connectivity index (χ1n) is 5.26. The van der Waals surface area contributed by atoms with E-state index in [0.717, 1.165) is 0 Å². The molecule has 2 rings (SSSR count). The Bertz CT molecular complexity index is 420. The number of ether oxygens (including phenoxy) is 1. The van der Waals surface area contributed by atoms with Crippen molar-refractivity contribution in [3.8, 4) is 5.88 Å². The van der Waals surface area contributed by atoms with Crippen LogP contribution in [0.3, 0.4) is 0 Å². The first-order valence-corrected chi connectivity index (χ1v) is 5.26. The van der Waals surface area contributed by atoms with Gasteiger partial charge in [0.15, 0.2) is 0 Å². The highest BCUT2D eigenvalue weighted by molar-refractivity contribution is 5.65. The van der Waals surface area contributed by atoms with Crippen LogP contribution in [-0.4, -0.2) is 46.4 Å². The smallest absolute Gasteiger partial charge is 0.407 e. The number of carboxylic acid groups (broad SMARTS) is 1. The van der Waals surface area contributed by atoms with Crippen LogP contribution in [-0.2, 0) is 5.60 Å². The van der Waals surface area contributed by atoms with Gasteiger partial charge < -0.3 is 19.8 Å². The van der Waals surface area contributed by atoms with E-state index < -0.39 is 11.7 Å². The molecule has 1 fully saturated rings. The standard InChI is InChI=1S/C11H14N2O4/c1-17-9-3-2-8(6-12-9)11(16)4-5-13(7-11)10(14)15/h2-3,6,16H,4-5,7H2,1H3,(H,14,15). The van der Waals surface area contributed by atoms with Crippen LogP contribution >= 0.6 is 0 Å². The summed E-state index contributed by atoms with van der Waals surface area (Å²) in [6, 6.07) is 3.36. The molecular weight excluding hydrogens is 224 g/mol. The third-order valence-electron chi connectivity index (χ3n) is 3.00. The van der Waals surface area contributed by atoms with Gasteiger partial charge in [-0.05, 0) is 12.5 Å². The maximum Gasteiger partial charge on any atom is 0.407 e. The van der Waals surface area contributed by atoms with Crippen molar-refractivity contribution < 1.29 is 19.7 Å². The predicted molar refractivity (Wildman–Crippen MR) is 58.9 cm³/mol. The van der Waals surface area contributed by atoms with E-state index in [1.54, 1.807) is 12.1 Å². The summed E-state index contributed by atoms with van der Waals surface area (Å²) in [6.45, 7) is 0.411. The summed E-state index contributed by atoms with van der Waals surface area (Å²) in [5.74, 6) is 0.463. The van der Waals surface area contributed by atoms with E-state index in [1.807, 2.05) is 0 Å². The lowest BCUT2D eigenvalue weighted by Crippen LogP contribution is -2.33. The molecule has 0 bridgehead atoms. The Morgan fingerprint density at radius 1 is 1.59 bits per heavy atom. The first kappa shape index (κ1) is 11.7. The molecule has 1 saturated heterocycles. The normalized spacial score (nSPS) is 23.8. The van der Waals surface area contributed by atoms with Crippen molar-refractivity contribution in [2.75, 3.05) is 20.2 Å². The summed E-state index contributed by atoms with van der Waals surface area (Å²) in [5.41, 5.74) is -0.528. The van der Waals surface area contributed by atoms with Gasteiger partial charge in [0.1, 0.15) is 5.60 Å². The molecule has 0 aliphatic carbocycles. The van der Waals surface area contributed by atoms with Crippen LogP contribution in [0.2, 0.25) is 0 Å². The van der Waals surface area contributed by atoms with Gasteiger partial charge in [-0.15, -0.1) is 0 Å². The number of hydrogen-bond donors (Lipinski definition) is 2. The topological polar surface area (TPSA) is 82.9 Å². The fourth-order valence-electron chi connectivity index (χ4n) is 1.97. The Hall–Kier alpha value is -1.82. The van der Waals surface area contributed by atoms with Crippen LogP contribution in [0.25, 0.3) is 0 Å². The van der Waals surface area contributed by atoms with Crippen molar-refractivity contribution in [1.82, 2.24) is 9.88 Å². The number of aliphatic hydroxyl groups is 1. The van der Waals surface area contributed by atoms with Crippen molar-refractivity contribution in [2.24, 2.45) is 0 Å². The van der Waals surface area contributed by atoms with Crippen LogP contribution in [0.1, 0.15) is 12.0 Å². The number of amides is 1. The second kappa shape index (κ2) is 4.21. The molecule has 1 aromatic rings. The quantitative estimate of drug-likeness (QED) is 0.791. The number of likely N-dealkylation sites (tertiary alicyclic amines) is 1. The third-order valence-corrected chi connectivity index (χ3v) is 3.00. The van der Waals surface area contributed by atoms with Crippen molar-refractivity contribution in [3.63, 3.8) is 0 Å². The average molecular weight is 238 g/mol. The summed E-state index contributed by atoms with van der Waals surface area (Å²) >= 11 is 0. The zero-order valence-electron chi connectivity index (χ0n) is 9.46. The number of aromatic nitrogens is 1. The number of β-amino-alcohol motifs (C(OH)–C–C–N with tert-alkyl or cyclic N) is 1. The van der Waals surface area contributed by atoms with Gasteiger partial charge in [0.2, 0.25) is 5.88 Å². The molecule has 2 heterocycles. The van der Waals surface area contributed by atoms with Gasteiger partial charge in [-0.3, -0.25) is 0 Å². The number of hydrogen-bond acceptors (Lipinski definition) is 4. The van der Waals surface area contributed by atoms with Gasteiger partial charge >= 0.3 is 6.09 Å². The predicted octanol–water partition coefficient (Wildman–Crippen LogP) is 0.661. The molecule has 0 spiro atoms. The highest BCUT2D eigenvalue weighted by Gasteiger charge is 2.39. The SMILES string of the molecule is COc1ccc(C2(O)CCN(C(=O)O)C2)cn1. The molecule has 0 aromatic carbocycles. The van der Waals surface area contributed by atoms with E-state index in [9.17, 15) is 9.90 Å². The van der Waals surface area contributed by atoms with E-state index in [1.165, 1.54) is 18.2 Å². The van der Waals surface area contributed by atoms with Gasteiger partial charge in [-0.2, -0.15) is 0 Å². The molecule has 0 radical (unpaired) electrons. The molecule has 92 valence electrons. The zero-order valence-corrected chi connectivity index (χ0v) is 9.46. The summed E-state index contributed by atoms with van der Waals surface area (Å²) in [4.78, 5) is 16.0. The van der Waals surface area contributed by atoms with E-state index in [2.05, 4.69) is 4.98 Å². The van der Waals surface area contributed by atoms with Crippen LogP contribution in [0.15, 0.2) is 18.3 Å². The van der Waals surface area contributed by atoms with Crippen molar-refractivity contribution in [1.29, 1.82) is 0 Å². The molecule has 1 aromatic heterocycles. The number of carbonyl (C=O) groups is 1. The Morgan fingerprint density at radius 3 is 2.82 bits per heavy atom. The average Bonchev–Trinajstić information content (AvgIpc) is 2.74. The zero-order chi connectivity index (χ0) is 12.5. The van der Waals surface area contributed by atoms with Gasteiger partial charge in [0.25, 0.3) is 0 Å². The minimum Gasteiger partial charge on any atom is -0.481 e. The number of rotatable bonds is 2. The lowest BCUT2D eigenvalue weighted by molar-refractivity contribution is 0.0455. The van der Waals surface area contributed by atoms with Gasteiger partial charge in [0.05, 0.1) is 13.7 Å². The Labute approximate surface area is 98.5 Å². The van der Waals surface area contributed by atoms with Crippen molar-refractivity contribution >= 4 is 6.09 Å². The van der Waals surface area contributed by atoms with Crippen LogP contribution in [0.5, 0.6) is 5.88 Å². The summed E-state index contributed by atoms with van der Waals surface area (Å²) in [7, 11) is 1.51. The second-order valence-electron chi connectivity index (χ2n) is 4.07. The van der Waals surface area contributed by atoms with Gasteiger partial charge in [-0.25, -0.2) is 9.78 Å². The monoisotopic (exact) mass is 238 g/mol. The van der Waals surface area contributed by atoms with E-state index >= 15 is 0 Å². The number of pyridine rings is 1. The molecule has 1 unspecified atom stereocenters. The van der Waals surface area contributed by atoms with Crippen LogP contribution < -0.4 is 4.74 Å².